The third kappa shape index (κ3) is 0.819. The molecule has 0 aromatic carbocycles. The summed E-state index contributed by atoms with van der Waals surface area (Å²) >= 11 is 0. The number of hydrogen-bond acceptors (Lipinski definition) is 0. The van der Waals surface area contributed by atoms with Crippen LogP contribution in [-0.4, -0.2) is 7.85 Å². The Kier molecular flexibility index (Phi) is 1.14. The Balaban J connectivity index is 2.29. The fourth-order valence-electron chi connectivity index (χ4n) is 0.984. The maximum absolute atomic E-state index is 5.80. The van der Waals surface area contributed by atoms with E-state index in [0.717, 1.165) is 6.42 Å². The highest BCUT2D eigenvalue weighted by Gasteiger charge is 2.28. The summed E-state index contributed by atoms with van der Waals surface area (Å²) in [7, 11) is 5.80. The molecule has 1 rings (SSSR count). The molecule has 0 unspecified atom stereocenters. The van der Waals surface area contributed by atoms with Crippen molar-refractivity contribution in [2.45, 2.75) is 37.9 Å². The molecule has 0 aromatic rings. The minimum Gasteiger partial charge on any atom is -0.0663 e. The Morgan fingerprint density at radius 2 is 2.14 bits per heavy atom. The van der Waals surface area contributed by atoms with Gasteiger partial charge in [-0.1, -0.05) is 37.9 Å². The fourth-order valence-corrected chi connectivity index (χ4v) is 0.984. The average Bonchev–Trinajstić information content (AvgIpc) is 1.61. The lowest BCUT2D eigenvalue weighted by Crippen LogP contribution is -2.20. The Hall–Kier alpha value is 0.0649. The topological polar surface area (TPSA) is 0 Å². The van der Waals surface area contributed by atoms with E-state index in [-0.39, 0.29) is 5.31 Å². The Morgan fingerprint density at radius 1 is 1.57 bits per heavy atom. The normalized spacial score (nSPS) is 26.4. The second-order valence-electron chi connectivity index (χ2n) is 2.57. The molecule has 0 amide bonds. The molecule has 2 radical (unpaired) electrons. The molecule has 1 fully saturated rings. The van der Waals surface area contributed by atoms with Crippen molar-refractivity contribution in [3.63, 3.8) is 0 Å². The highest BCUT2D eigenvalue weighted by atomic mass is 14.3. The van der Waals surface area contributed by atoms with E-state index in [4.69, 9.17) is 7.85 Å². The van der Waals surface area contributed by atoms with Crippen molar-refractivity contribution in [2.24, 2.45) is 0 Å². The van der Waals surface area contributed by atoms with E-state index in [0.29, 0.717) is 0 Å². The number of hydrogen-bond donors (Lipinski definition) is 0. The molecule has 0 aliphatic heterocycles. The molecule has 0 aromatic heterocycles. The largest absolute Gasteiger partial charge is 0.0746 e. The highest BCUT2D eigenvalue weighted by molar-refractivity contribution is 6.15. The number of rotatable bonds is 1. The monoisotopic (exact) mass is 94.1 g/mol. The van der Waals surface area contributed by atoms with Gasteiger partial charge in [-0.05, 0) is 0 Å². The first-order valence-corrected chi connectivity index (χ1v) is 3.06. The molecular formula is C6H11B. The lowest BCUT2D eigenvalue weighted by molar-refractivity contribution is 0.331. The van der Waals surface area contributed by atoms with E-state index in [2.05, 4.69) is 6.92 Å². The summed E-state index contributed by atoms with van der Waals surface area (Å²) in [5.41, 5.74) is 0. The minimum absolute atomic E-state index is 0.264. The standard InChI is InChI=1S/C6H11B/c1-2-6(7)4-3-5-6/h2-5H2,1H3. The molecule has 0 heterocycles. The van der Waals surface area contributed by atoms with Gasteiger partial charge >= 0.3 is 0 Å². The van der Waals surface area contributed by atoms with Gasteiger partial charge in [-0.3, -0.25) is 0 Å². The summed E-state index contributed by atoms with van der Waals surface area (Å²) in [4.78, 5) is 0. The van der Waals surface area contributed by atoms with Crippen molar-refractivity contribution in [1.29, 1.82) is 0 Å². The van der Waals surface area contributed by atoms with Gasteiger partial charge < -0.3 is 0 Å². The van der Waals surface area contributed by atoms with Crippen molar-refractivity contribution in [1.82, 2.24) is 0 Å². The zero-order valence-corrected chi connectivity index (χ0v) is 4.91. The van der Waals surface area contributed by atoms with Gasteiger partial charge in [0.05, 0.1) is 7.85 Å². The zero-order chi connectivity index (χ0) is 5.33. The zero-order valence-electron chi connectivity index (χ0n) is 4.91. The molecule has 0 N–H and O–H groups in total. The first-order valence-electron chi connectivity index (χ1n) is 3.06. The molecule has 1 heteroatoms. The van der Waals surface area contributed by atoms with Gasteiger partial charge in [0.1, 0.15) is 0 Å². The smallest absolute Gasteiger partial charge is 0.0663 e. The predicted molar refractivity (Wildman–Crippen MR) is 32.6 cm³/mol. The lowest BCUT2D eigenvalue weighted by Gasteiger charge is -2.37. The van der Waals surface area contributed by atoms with Crippen molar-refractivity contribution in [3.8, 4) is 0 Å². The quantitative estimate of drug-likeness (QED) is 0.435. The van der Waals surface area contributed by atoms with Gasteiger partial charge in [-0.25, -0.2) is 0 Å². The second-order valence-corrected chi connectivity index (χ2v) is 2.57. The highest BCUT2D eigenvalue weighted by Crippen LogP contribution is 2.47. The van der Waals surface area contributed by atoms with E-state index in [9.17, 15) is 0 Å². The van der Waals surface area contributed by atoms with Gasteiger partial charge in [-0.2, -0.15) is 0 Å². The maximum atomic E-state index is 5.80. The second kappa shape index (κ2) is 1.54. The lowest BCUT2D eigenvalue weighted by atomic mass is 9.54. The summed E-state index contributed by atoms with van der Waals surface area (Å²) in [6.45, 7) is 2.17. The molecule has 7 heavy (non-hydrogen) atoms. The summed E-state index contributed by atoms with van der Waals surface area (Å²) in [5, 5.41) is 0.264. The van der Waals surface area contributed by atoms with E-state index in [1.165, 1.54) is 19.3 Å². The molecule has 0 nitrogen and oxygen atoms in total. The summed E-state index contributed by atoms with van der Waals surface area (Å²) in [6, 6.07) is 0. The molecule has 1 aliphatic rings. The summed E-state index contributed by atoms with van der Waals surface area (Å²) < 4.78 is 0. The molecule has 1 aliphatic carbocycles. The van der Waals surface area contributed by atoms with E-state index < -0.39 is 0 Å². The first-order chi connectivity index (χ1) is 3.27. The van der Waals surface area contributed by atoms with Crippen LogP contribution in [0.1, 0.15) is 32.6 Å². The van der Waals surface area contributed by atoms with Crippen molar-refractivity contribution in [3.05, 3.63) is 0 Å². The predicted octanol–water partition coefficient (Wildman–Crippen LogP) is 1.91. The van der Waals surface area contributed by atoms with Crippen LogP contribution < -0.4 is 0 Å². The van der Waals surface area contributed by atoms with Crippen LogP contribution in [0.4, 0.5) is 0 Å². The van der Waals surface area contributed by atoms with Crippen LogP contribution in [0.2, 0.25) is 5.31 Å². The van der Waals surface area contributed by atoms with Gasteiger partial charge in [0.15, 0.2) is 0 Å². The summed E-state index contributed by atoms with van der Waals surface area (Å²) in [5.74, 6) is 0. The van der Waals surface area contributed by atoms with Gasteiger partial charge in [0.25, 0.3) is 0 Å². The Labute approximate surface area is 46.7 Å². The fraction of sp³-hybridized carbons (Fsp3) is 1.00. The molecule has 0 bridgehead atoms. The minimum atomic E-state index is 0.264. The van der Waals surface area contributed by atoms with E-state index in [1.807, 2.05) is 0 Å². The average molecular weight is 94.0 g/mol. The van der Waals surface area contributed by atoms with Crippen molar-refractivity contribution in [2.75, 3.05) is 0 Å². The molecule has 0 saturated heterocycles. The Morgan fingerprint density at radius 3 is 2.14 bits per heavy atom. The van der Waals surface area contributed by atoms with Crippen LogP contribution in [0.3, 0.4) is 0 Å². The molecule has 1 saturated carbocycles. The third-order valence-electron chi connectivity index (χ3n) is 2.05. The van der Waals surface area contributed by atoms with Crippen molar-refractivity contribution >= 4 is 7.85 Å². The third-order valence-corrected chi connectivity index (χ3v) is 2.05. The first kappa shape index (κ1) is 5.21. The maximum Gasteiger partial charge on any atom is 0.0746 e. The van der Waals surface area contributed by atoms with E-state index >= 15 is 0 Å². The van der Waals surface area contributed by atoms with Gasteiger partial charge in [0.2, 0.25) is 0 Å². The molecular weight excluding hydrogens is 82.9 g/mol. The summed E-state index contributed by atoms with van der Waals surface area (Å²) in [6.07, 6.45) is 5.02. The van der Waals surface area contributed by atoms with Crippen LogP contribution >= 0.6 is 0 Å². The van der Waals surface area contributed by atoms with Crippen molar-refractivity contribution < 1.29 is 0 Å². The van der Waals surface area contributed by atoms with Gasteiger partial charge in [0, 0.05) is 0 Å². The van der Waals surface area contributed by atoms with E-state index in [1.54, 1.807) is 0 Å². The van der Waals surface area contributed by atoms with Crippen LogP contribution in [0.15, 0.2) is 0 Å². The SMILES string of the molecule is [B]C1(CC)CCC1. The van der Waals surface area contributed by atoms with Crippen LogP contribution in [0.25, 0.3) is 0 Å². The molecule has 0 atom stereocenters. The Bertz CT molecular complexity index is 59.1. The molecule has 38 valence electrons. The van der Waals surface area contributed by atoms with Crippen LogP contribution in [-0.2, 0) is 0 Å². The molecule has 0 spiro atoms. The van der Waals surface area contributed by atoms with Crippen LogP contribution in [0, 0.1) is 0 Å². The van der Waals surface area contributed by atoms with Gasteiger partial charge in [-0.15, -0.1) is 0 Å². The van der Waals surface area contributed by atoms with Crippen LogP contribution in [0.5, 0.6) is 0 Å².